The quantitative estimate of drug-likeness (QED) is 0.0423. The molecule has 7 heterocycles. The third-order valence-electron chi connectivity index (χ3n) is 14.9. The number of aliphatic carboxylic acids is 1. The Hall–Kier alpha value is -10.5. The highest BCUT2D eigenvalue weighted by Gasteiger charge is 2.23. The number of carboxylic acid groups (broad SMARTS) is 1. The van der Waals surface area contributed by atoms with Crippen molar-refractivity contribution in [3.63, 3.8) is 0 Å². The van der Waals surface area contributed by atoms with Crippen molar-refractivity contribution in [2.45, 2.75) is 31.8 Å². The summed E-state index contributed by atoms with van der Waals surface area (Å²) in [5.41, 5.74) is 14.6. The fraction of sp³-hybridized carbons (Fsp3) is 0.176. The van der Waals surface area contributed by atoms with Gasteiger partial charge < -0.3 is 48.8 Å². The van der Waals surface area contributed by atoms with Crippen LogP contribution in [-0.4, -0.2) is 102 Å². The van der Waals surface area contributed by atoms with Gasteiger partial charge in [0.2, 0.25) is 0 Å². The third kappa shape index (κ3) is 12.3. The van der Waals surface area contributed by atoms with Gasteiger partial charge in [-0.15, -0.1) is 0 Å². The van der Waals surface area contributed by atoms with E-state index >= 15 is 0 Å². The van der Waals surface area contributed by atoms with Crippen LogP contribution >= 0.6 is 0 Å². The fourth-order valence-corrected chi connectivity index (χ4v) is 10.6. The SMILES string of the molecule is COc1cc(OC)cc(-c2c3nc(c(-c4cc(OC)cc(OC)c4)c4ccc([nH]4)c(-c4cc(OC)cc(OC)c4)c4nc(c(-c5ccc(C(=O)NCCCCC(NCc6cccc(-c7ccccn7)n6)C(=O)O)cc5)c5ccc2[nH]5)C=C4)C=C3)c1. The second kappa shape index (κ2) is 25.3. The molecule has 5 aromatic heterocycles. The molecule has 4 aromatic carbocycles. The van der Waals surface area contributed by atoms with Gasteiger partial charge in [-0.25, -0.2) is 15.0 Å². The summed E-state index contributed by atoms with van der Waals surface area (Å²) in [6.07, 6.45) is 11.2. The van der Waals surface area contributed by atoms with Crippen molar-refractivity contribution < 1.29 is 43.1 Å². The third-order valence-corrected chi connectivity index (χ3v) is 14.9. The van der Waals surface area contributed by atoms with Crippen LogP contribution in [0.25, 0.3) is 102 Å². The molecule has 11 rings (SSSR count). The smallest absolute Gasteiger partial charge is 0.320 e. The van der Waals surface area contributed by atoms with E-state index < -0.39 is 12.0 Å². The number of hydrogen-bond acceptors (Lipinski definition) is 13. The van der Waals surface area contributed by atoms with Crippen molar-refractivity contribution in [2.24, 2.45) is 0 Å². The molecular formula is C68H62N8O9. The Bertz CT molecular complexity index is 4090. The van der Waals surface area contributed by atoms with Crippen molar-refractivity contribution in [1.82, 2.24) is 40.5 Å². The number of unbranched alkanes of at least 4 members (excludes halogenated alkanes) is 1. The minimum Gasteiger partial charge on any atom is -0.497 e. The fourth-order valence-electron chi connectivity index (χ4n) is 10.6. The van der Waals surface area contributed by atoms with Crippen LogP contribution in [0, 0.1) is 0 Å². The van der Waals surface area contributed by atoms with Gasteiger partial charge in [0.25, 0.3) is 5.91 Å². The zero-order valence-electron chi connectivity index (χ0n) is 47.8. The zero-order valence-corrected chi connectivity index (χ0v) is 47.8. The topological polar surface area (TPSA) is 217 Å². The highest BCUT2D eigenvalue weighted by molar-refractivity contribution is 6.01. The Morgan fingerprint density at radius 1 is 0.482 bits per heavy atom. The van der Waals surface area contributed by atoms with Gasteiger partial charge in [-0.1, -0.05) is 24.3 Å². The van der Waals surface area contributed by atoms with E-state index in [9.17, 15) is 14.7 Å². The Labute approximate surface area is 491 Å². The summed E-state index contributed by atoms with van der Waals surface area (Å²) in [6.45, 7) is 0.634. The molecule has 0 aliphatic carbocycles. The van der Waals surface area contributed by atoms with Gasteiger partial charge in [0.05, 0.1) is 82.5 Å². The predicted octanol–water partition coefficient (Wildman–Crippen LogP) is 13.0. The van der Waals surface area contributed by atoms with Crippen molar-refractivity contribution in [3.05, 3.63) is 180 Å². The first-order valence-electron chi connectivity index (χ1n) is 27.6. The lowest BCUT2D eigenvalue weighted by molar-refractivity contribution is -0.139. The zero-order chi connectivity index (χ0) is 59.0. The van der Waals surface area contributed by atoms with E-state index in [0.29, 0.717) is 100 Å². The van der Waals surface area contributed by atoms with Crippen molar-refractivity contribution >= 4 is 58.2 Å². The molecule has 2 aliphatic heterocycles. The number of carboxylic acids is 1. The minimum absolute atomic E-state index is 0.254. The number of nitrogens with one attached hydrogen (secondary N) is 4. The minimum atomic E-state index is -0.950. The summed E-state index contributed by atoms with van der Waals surface area (Å²) in [5, 5.41) is 16.2. The van der Waals surface area contributed by atoms with E-state index in [1.165, 1.54) is 0 Å². The van der Waals surface area contributed by atoms with Gasteiger partial charge in [-0.3, -0.25) is 19.9 Å². The molecule has 8 bridgehead atoms. The number of nitrogens with zero attached hydrogens (tertiary/aromatic N) is 4. The van der Waals surface area contributed by atoms with Gasteiger partial charge in [0, 0.05) is 87.4 Å². The Balaban J connectivity index is 0.985. The number of aromatic amines is 2. The number of amides is 1. The molecular weight excluding hydrogens is 1070 g/mol. The summed E-state index contributed by atoms with van der Waals surface area (Å²) in [7, 11) is 9.74. The van der Waals surface area contributed by atoms with Crippen LogP contribution < -0.4 is 39.1 Å². The van der Waals surface area contributed by atoms with Gasteiger partial charge >= 0.3 is 5.97 Å². The molecule has 85 heavy (non-hydrogen) atoms. The normalized spacial score (nSPS) is 11.9. The first-order chi connectivity index (χ1) is 41.5. The van der Waals surface area contributed by atoms with E-state index in [1.54, 1.807) is 61.0 Å². The van der Waals surface area contributed by atoms with Gasteiger partial charge in [0.1, 0.15) is 40.5 Å². The summed E-state index contributed by atoms with van der Waals surface area (Å²) >= 11 is 0. The number of H-pyrrole nitrogens is 2. The van der Waals surface area contributed by atoms with Crippen LogP contribution in [0.4, 0.5) is 0 Å². The largest absolute Gasteiger partial charge is 0.497 e. The summed E-state index contributed by atoms with van der Waals surface area (Å²) in [5.74, 6) is 2.40. The van der Waals surface area contributed by atoms with Crippen LogP contribution in [0.1, 0.15) is 58.1 Å². The second-order valence-corrected chi connectivity index (χ2v) is 20.1. The van der Waals surface area contributed by atoms with Crippen molar-refractivity contribution in [1.29, 1.82) is 0 Å². The summed E-state index contributed by atoms with van der Waals surface area (Å²) in [4.78, 5) is 53.6. The molecule has 1 amide bonds. The van der Waals surface area contributed by atoms with Crippen molar-refractivity contribution in [2.75, 3.05) is 49.2 Å². The Morgan fingerprint density at radius 2 is 0.918 bits per heavy atom. The van der Waals surface area contributed by atoms with E-state index in [1.807, 2.05) is 152 Å². The predicted molar refractivity (Wildman–Crippen MR) is 332 cm³/mol. The molecule has 17 nitrogen and oxygen atoms in total. The molecule has 17 heteroatoms. The number of carbonyl (C=O) groups is 2. The monoisotopic (exact) mass is 1130 g/mol. The average Bonchev–Trinajstić information content (AvgIpc) is 2.19. The van der Waals surface area contributed by atoms with Crippen LogP contribution in [-0.2, 0) is 11.3 Å². The van der Waals surface area contributed by atoms with E-state index in [4.69, 9.17) is 38.4 Å². The lowest BCUT2D eigenvalue weighted by atomic mass is 10.0. The molecule has 0 fully saturated rings. The number of rotatable bonds is 21. The number of methoxy groups -OCH3 is 6. The van der Waals surface area contributed by atoms with Gasteiger partial charge in [-0.05, 0) is 163 Å². The van der Waals surface area contributed by atoms with Crippen LogP contribution in [0.15, 0.2) is 146 Å². The number of fused-ring (bicyclic) bond motifs is 8. The molecule has 0 radical (unpaired) electrons. The number of carbonyl (C=O) groups excluding carboxylic acids is 1. The highest BCUT2D eigenvalue weighted by Crippen LogP contribution is 2.42. The maximum atomic E-state index is 13.8. The van der Waals surface area contributed by atoms with E-state index in [2.05, 4.69) is 30.6 Å². The van der Waals surface area contributed by atoms with Crippen molar-refractivity contribution in [3.8, 4) is 90.4 Å². The number of pyridine rings is 2. The van der Waals surface area contributed by atoms with E-state index in [0.717, 1.165) is 72.3 Å². The second-order valence-electron chi connectivity index (χ2n) is 20.1. The maximum Gasteiger partial charge on any atom is 0.320 e. The van der Waals surface area contributed by atoms with Crippen LogP contribution in [0.5, 0.6) is 34.5 Å². The number of hydrogen-bond donors (Lipinski definition) is 5. The number of benzene rings is 4. The number of aromatic nitrogens is 6. The average molecular weight is 1140 g/mol. The summed E-state index contributed by atoms with van der Waals surface area (Å²) < 4.78 is 34.9. The Kier molecular flexibility index (Phi) is 16.8. The van der Waals surface area contributed by atoms with Crippen LogP contribution in [0.2, 0.25) is 0 Å². The lowest BCUT2D eigenvalue weighted by Crippen LogP contribution is -2.36. The maximum absolute atomic E-state index is 13.8. The Morgan fingerprint density at radius 3 is 1.33 bits per heavy atom. The molecule has 1 unspecified atom stereocenters. The lowest BCUT2D eigenvalue weighted by Gasteiger charge is -2.14. The highest BCUT2D eigenvalue weighted by atomic mass is 16.5. The summed E-state index contributed by atoms with van der Waals surface area (Å²) in [6, 6.07) is 43.2. The molecule has 428 valence electrons. The molecule has 1 atom stereocenters. The number of ether oxygens (including phenoxy) is 6. The standard InChI is InChI=1S/C68H62N8O9/c1-80-46-30-42(31-47(36-46)81-2)64-56-22-20-54(73-56)63(40-16-18-41(19-17-40)67(77)70-29-10-8-14-62(68(78)79)71-39-45-12-11-15-53(72-45)52-13-7-9-28-69-52)55-21-23-57(74-55)65(43-32-48(82-3)37-49(33-43)83-4)59-25-27-61(76-59)66(60-26-24-58(64)75-60)44-34-50(84-5)38-51(35-44)85-6/h7,9,11-13,15-28,30-38,62,71,73,76H,8,10,14,29,39H2,1-6H3,(H,70,77)(H,78,79). The molecule has 5 N–H and O–H groups in total. The van der Waals surface area contributed by atoms with Gasteiger partial charge in [-0.2, -0.15) is 0 Å². The first kappa shape index (κ1) is 56.3. The van der Waals surface area contributed by atoms with Gasteiger partial charge in [0.15, 0.2) is 0 Å². The van der Waals surface area contributed by atoms with Crippen LogP contribution in [0.3, 0.4) is 0 Å². The molecule has 9 aromatic rings. The first-order valence-corrected chi connectivity index (χ1v) is 27.6. The molecule has 2 aliphatic rings. The molecule has 0 spiro atoms. The molecule has 0 saturated carbocycles. The molecule has 0 saturated heterocycles. The van der Waals surface area contributed by atoms with E-state index in [-0.39, 0.29) is 12.5 Å².